The lowest BCUT2D eigenvalue weighted by Crippen LogP contribution is -2.13. The van der Waals surface area contributed by atoms with E-state index in [1.54, 1.807) is 6.07 Å². The molecule has 0 radical (unpaired) electrons. The molecule has 0 saturated heterocycles. The van der Waals surface area contributed by atoms with Crippen LogP contribution in [0.15, 0.2) is 71.1 Å². The molecular formula is C23H15Cl2FN2O5S. The minimum absolute atomic E-state index is 0.0486. The van der Waals surface area contributed by atoms with E-state index >= 15 is 0 Å². The summed E-state index contributed by atoms with van der Waals surface area (Å²) in [6.45, 7) is 0. The van der Waals surface area contributed by atoms with Crippen LogP contribution in [-0.2, 0) is 14.9 Å². The fraction of sp³-hybridized carbons (Fsp3) is 0.0435. The third-order valence-electron chi connectivity index (χ3n) is 4.33. The second kappa shape index (κ2) is 10.6. The van der Waals surface area contributed by atoms with Gasteiger partial charge in [0.05, 0.1) is 12.1 Å². The summed E-state index contributed by atoms with van der Waals surface area (Å²) in [5.74, 6) is -1.54. The zero-order valence-corrected chi connectivity index (χ0v) is 19.7. The molecule has 7 nitrogen and oxygen atoms in total. The van der Waals surface area contributed by atoms with Crippen molar-refractivity contribution in [3.63, 3.8) is 0 Å². The Kier molecular flexibility index (Phi) is 7.79. The molecule has 34 heavy (non-hydrogen) atoms. The minimum atomic E-state index is -4.26. The molecule has 3 aromatic rings. The summed E-state index contributed by atoms with van der Waals surface area (Å²) in [5.41, 5.74) is 0.271. The molecule has 0 bridgehead atoms. The normalized spacial score (nSPS) is 11.4. The van der Waals surface area contributed by atoms with Crippen LogP contribution in [0.1, 0.15) is 5.56 Å². The Labute approximate surface area is 205 Å². The summed E-state index contributed by atoms with van der Waals surface area (Å²) in [6, 6.07) is 14.8. The van der Waals surface area contributed by atoms with Crippen molar-refractivity contribution in [2.24, 2.45) is 0 Å². The average molecular weight is 521 g/mol. The van der Waals surface area contributed by atoms with E-state index in [1.807, 2.05) is 0 Å². The molecule has 1 amide bonds. The van der Waals surface area contributed by atoms with Gasteiger partial charge >= 0.3 is 10.1 Å². The molecule has 0 spiro atoms. The number of halogens is 3. The Morgan fingerprint density at radius 1 is 1.09 bits per heavy atom. The maximum atomic E-state index is 13.0. The molecule has 11 heteroatoms. The summed E-state index contributed by atoms with van der Waals surface area (Å²) in [7, 11) is -2.99. The summed E-state index contributed by atoms with van der Waals surface area (Å²) >= 11 is 12.0. The molecule has 0 heterocycles. The Hall–Kier alpha value is -3.58. The molecule has 0 fully saturated rings. The second-order valence-corrected chi connectivity index (χ2v) is 9.05. The van der Waals surface area contributed by atoms with Gasteiger partial charge in [0, 0.05) is 10.7 Å². The van der Waals surface area contributed by atoms with Gasteiger partial charge in [-0.25, -0.2) is 4.39 Å². The Morgan fingerprint density at radius 3 is 2.32 bits per heavy atom. The van der Waals surface area contributed by atoms with Crippen molar-refractivity contribution < 1.29 is 26.5 Å². The number of ether oxygens (including phenoxy) is 1. The lowest BCUT2D eigenvalue weighted by Gasteiger charge is -2.13. The Bertz CT molecular complexity index is 1400. The van der Waals surface area contributed by atoms with Crippen LogP contribution >= 0.6 is 23.2 Å². The SMILES string of the molecule is COc1cc(/C=C(\C#N)C(=O)Nc2ccc(F)cc2)cc(Cl)c1OS(=O)(=O)c1ccc(Cl)cc1. The number of carbonyl (C=O) groups excluding carboxylic acids is 1. The lowest BCUT2D eigenvalue weighted by molar-refractivity contribution is -0.112. The minimum Gasteiger partial charge on any atom is -0.493 e. The zero-order chi connectivity index (χ0) is 24.9. The van der Waals surface area contributed by atoms with Gasteiger partial charge in [-0.05, 0) is 72.3 Å². The number of carbonyl (C=O) groups is 1. The lowest BCUT2D eigenvalue weighted by atomic mass is 10.1. The second-order valence-electron chi connectivity index (χ2n) is 6.66. The highest BCUT2D eigenvalue weighted by Gasteiger charge is 2.22. The molecule has 0 aromatic heterocycles. The third kappa shape index (κ3) is 6.05. The number of hydrogen-bond acceptors (Lipinski definition) is 6. The van der Waals surface area contributed by atoms with E-state index in [2.05, 4.69) is 5.32 Å². The standard InChI is InChI=1S/C23H15Cl2FN2O5S/c1-32-21-12-14(10-15(13-27)23(29)28-18-6-4-17(26)5-7-18)11-20(25)22(21)33-34(30,31)19-8-2-16(24)3-9-19/h2-12H,1H3,(H,28,29)/b15-10+. The van der Waals surface area contributed by atoms with Crippen LogP contribution in [0.2, 0.25) is 10.0 Å². The fourth-order valence-corrected chi connectivity index (χ4v) is 4.10. The number of methoxy groups -OCH3 is 1. The van der Waals surface area contributed by atoms with E-state index < -0.39 is 21.8 Å². The molecule has 0 unspecified atom stereocenters. The van der Waals surface area contributed by atoms with Gasteiger partial charge in [-0.2, -0.15) is 13.7 Å². The molecule has 0 aliphatic heterocycles. The maximum Gasteiger partial charge on any atom is 0.339 e. The zero-order valence-electron chi connectivity index (χ0n) is 17.4. The average Bonchev–Trinajstić information content (AvgIpc) is 2.80. The summed E-state index contributed by atoms with van der Waals surface area (Å²) < 4.78 is 48.7. The molecule has 0 saturated carbocycles. The number of rotatable bonds is 7. The molecular weight excluding hydrogens is 506 g/mol. The highest BCUT2D eigenvalue weighted by Crippen LogP contribution is 2.39. The van der Waals surface area contributed by atoms with Crippen molar-refractivity contribution >= 4 is 51.0 Å². The van der Waals surface area contributed by atoms with Crippen LogP contribution in [0.25, 0.3) is 6.08 Å². The molecule has 3 rings (SSSR count). The number of hydrogen-bond donors (Lipinski definition) is 1. The Balaban J connectivity index is 1.90. The van der Waals surface area contributed by atoms with Crippen LogP contribution < -0.4 is 14.2 Å². The van der Waals surface area contributed by atoms with Gasteiger partial charge in [0.25, 0.3) is 5.91 Å². The molecule has 0 atom stereocenters. The largest absolute Gasteiger partial charge is 0.493 e. The number of benzene rings is 3. The van der Waals surface area contributed by atoms with Crippen LogP contribution in [0.5, 0.6) is 11.5 Å². The van der Waals surface area contributed by atoms with Gasteiger partial charge in [-0.1, -0.05) is 23.2 Å². The first-order chi connectivity index (χ1) is 16.1. The van der Waals surface area contributed by atoms with Gasteiger partial charge in [0.15, 0.2) is 5.75 Å². The number of nitrogens with one attached hydrogen (secondary N) is 1. The van der Waals surface area contributed by atoms with E-state index in [1.165, 1.54) is 61.7 Å². The number of amides is 1. The molecule has 1 N–H and O–H groups in total. The van der Waals surface area contributed by atoms with Crippen molar-refractivity contribution in [3.05, 3.63) is 87.7 Å². The van der Waals surface area contributed by atoms with Crippen LogP contribution in [0.3, 0.4) is 0 Å². The summed E-state index contributed by atoms with van der Waals surface area (Å²) in [5, 5.41) is 12.1. The van der Waals surface area contributed by atoms with Crippen molar-refractivity contribution in [2.75, 3.05) is 12.4 Å². The molecule has 0 aliphatic rings. The number of nitrogens with zero attached hydrogens (tertiary/aromatic N) is 1. The van der Waals surface area contributed by atoms with E-state index in [9.17, 15) is 22.9 Å². The van der Waals surface area contributed by atoms with E-state index in [4.69, 9.17) is 32.1 Å². The van der Waals surface area contributed by atoms with E-state index in [-0.39, 0.29) is 32.6 Å². The molecule has 174 valence electrons. The van der Waals surface area contributed by atoms with Crippen LogP contribution in [0.4, 0.5) is 10.1 Å². The first-order valence-corrected chi connectivity index (χ1v) is 11.6. The molecule has 3 aromatic carbocycles. The van der Waals surface area contributed by atoms with Gasteiger partial charge in [0.2, 0.25) is 5.75 Å². The van der Waals surface area contributed by atoms with Crippen molar-refractivity contribution in [3.8, 4) is 17.6 Å². The van der Waals surface area contributed by atoms with Crippen molar-refractivity contribution in [2.45, 2.75) is 4.90 Å². The number of anilines is 1. The van der Waals surface area contributed by atoms with Crippen molar-refractivity contribution in [1.82, 2.24) is 0 Å². The monoisotopic (exact) mass is 520 g/mol. The first-order valence-electron chi connectivity index (χ1n) is 9.39. The fourth-order valence-electron chi connectivity index (χ4n) is 2.71. The van der Waals surface area contributed by atoms with Gasteiger partial charge in [-0.15, -0.1) is 0 Å². The summed E-state index contributed by atoms with van der Waals surface area (Å²) in [4.78, 5) is 12.3. The van der Waals surface area contributed by atoms with E-state index in [0.29, 0.717) is 10.7 Å². The third-order valence-corrected chi connectivity index (χ3v) is 6.09. The highest BCUT2D eigenvalue weighted by atomic mass is 35.5. The Morgan fingerprint density at radius 2 is 1.74 bits per heavy atom. The quantitative estimate of drug-likeness (QED) is 0.252. The highest BCUT2D eigenvalue weighted by molar-refractivity contribution is 7.87. The van der Waals surface area contributed by atoms with Crippen molar-refractivity contribution in [1.29, 1.82) is 5.26 Å². The topological polar surface area (TPSA) is 105 Å². The van der Waals surface area contributed by atoms with Crippen LogP contribution in [-0.4, -0.2) is 21.4 Å². The van der Waals surface area contributed by atoms with Gasteiger partial charge < -0.3 is 14.2 Å². The first kappa shape index (κ1) is 25.1. The summed E-state index contributed by atoms with van der Waals surface area (Å²) in [6.07, 6.45) is 1.23. The smallest absolute Gasteiger partial charge is 0.339 e. The van der Waals surface area contributed by atoms with Gasteiger partial charge in [0.1, 0.15) is 22.4 Å². The molecule has 0 aliphatic carbocycles. The van der Waals surface area contributed by atoms with Crippen LogP contribution in [0, 0.1) is 17.1 Å². The maximum absolute atomic E-state index is 13.0. The number of nitriles is 1. The predicted octanol–water partition coefficient (Wildman–Crippen LogP) is 5.45. The van der Waals surface area contributed by atoms with Gasteiger partial charge in [-0.3, -0.25) is 4.79 Å². The van der Waals surface area contributed by atoms with E-state index in [0.717, 1.165) is 12.1 Å². The predicted molar refractivity (Wildman–Crippen MR) is 126 cm³/mol.